The zero-order chi connectivity index (χ0) is 70.4. The molecule has 0 aliphatic heterocycles. The van der Waals surface area contributed by atoms with Crippen LogP contribution in [0.2, 0.25) is 0 Å². The van der Waals surface area contributed by atoms with Gasteiger partial charge in [0, 0.05) is 0 Å². The number of aromatic nitrogens is 3. The first kappa shape index (κ1) is 99.7. The van der Waals surface area contributed by atoms with Crippen molar-refractivity contribution in [1.29, 1.82) is 0 Å². The molecule has 0 saturated carbocycles. The number of unbranched alkanes of at least 4 members (excludes halogenated alkanes) is 25. The predicted octanol–water partition coefficient (Wildman–Crippen LogP) is 15.1. The quantitative estimate of drug-likeness (QED) is 0.0245. The van der Waals surface area contributed by atoms with Gasteiger partial charge in [-0.3, -0.25) is 43.7 Å². The van der Waals surface area contributed by atoms with Crippen molar-refractivity contribution in [1.82, 2.24) is 15.0 Å². The van der Waals surface area contributed by atoms with E-state index in [1.54, 1.807) is 54.6 Å². The van der Waals surface area contributed by atoms with Gasteiger partial charge in [-0.25, -0.2) is 0 Å². The normalized spacial score (nSPS) is 9.45. The molecule has 0 unspecified atom stereocenters. The van der Waals surface area contributed by atoms with E-state index in [-0.39, 0.29) is 38.5 Å². The number of hydrogen-bond acceptors (Lipinski definition) is 12. The Hall–Kier alpha value is -4.82. The molecule has 0 aliphatic carbocycles. The summed E-state index contributed by atoms with van der Waals surface area (Å²) in [5.74, 6) is -5.89. The first-order valence-electron chi connectivity index (χ1n) is 31.6. The Bertz CT molecular complexity index is 1820. The molecule has 0 bridgehead atoms. The maximum absolute atomic E-state index is 10.3. The molecule has 0 aliphatic rings. The van der Waals surface area contributed by atoms with Crippen molar-refractivity contribution < 1.29 is 129 Å². The average Bonchev–Trinajstić information content (AvgIpc) is 3.70. The van der Waals surface area contributed by atoms with E-state index in [9.17, 15) is 28.8 Å². The van der Waals surface area contributed by atoms with Crippen LogP contribution in [0.15, 0.2) is 54.6 Å². The van der Waals surface area contributed by atoms with E-state index in [2.05, 4.69) is 42.6 Å². The van der Waals surface area contributed by atoms with Gasteiger partial charge in [0.2, 0.25) is 0 Å². The van der Waals surface area contributed by atoms with Gasteiger partial charge in [0.1, 0.15) is 0 Å². The van der Waals surface area contributed by atoms with E-state index in [0.717, 1.165) is 43.1 Å². The molecular formula is C64H111N7O17V3-2. The fraction of sp³-hybridized carbons (Fsp3) is 0.672. The summed E-state index contributed by atoms with van der Waals surface area (Å²) in [5.41, 5.74) is 29.9. The molecule has 91 heavy (non-hydrogen) atoms. The standard InChI is InChI=1S/C10H22N.3C9H9NO4.3C9H20N.2H2O.3O.3V/c1-2-3-4-5-6-7-8-9-10-11;3*11-8(12)4-6-2-1-3-7(10-6)5-9(13)14;3*1-2-3-4-5-6-7-8-9-10;;;;;;;;/h11H,2-10H2,1H3;3*1-3H,4-5H2,(H,11,12)(H,13,14);3*10H,2-9H2,1H3;2*1H2;;;;;;/q-1;;;;3*-1;;;;;;2*+1;+2/p-2. The van der Waals surface area contributed by atoms with Crippen LogP contribution in [0.5, 0.6) is 0 Å². The first-order chi connectivity index (χ1) is 43.7. The van der Waals surface area contributed by atoms with Crippen molar-refractivity contribution >= 4 is 35.8 Å². The fourth-order valence-electron chi connectivity index (χ4n) is 7.61. The predicted molar refractivity (Wildman–Crippen MR) is 341 cm³/mol. The van der Waals surface area contributed by atoms with Crippen LogP contribution in [0.3, 0.4) is 0 Å². The Morgan fingerprint density at radius 3 is 0.538 bits per heavy atom. The van der Waals surface area contributed by atoms with Crippen molar-refractivity contribution in [2.24, 2.45) is 0 Å². The summed E-state index contributed by atoms with van der Waals surface area (Å²) in [7, 11) is 0. The Kier molecular flexibility index (Phi) is 93.4. The van der Waals surface area contributed by atoms with Gasteiger partial charge in [-0.15, -0.1) is 0 Å². The van der Waals surface area contributed by atoms with Crippen molar-refractivity contribution in [2.45, 2.75) is 252 Å². The summed E-state index contributed by atoms with van der Waals surface area (Å²) in [4.78, 5) is 73.7. The zero-order valence-corrected chi connectivity index (χ0v) is 58.9. The first-order valence-corrected chi connectivity index (χ1v) is 34.5. The number of aliphatic carboxylic acids is 6. The average molecular weight is 1400 g/mol. The van der Waals surface area contributed by atoms with Crippen LogP contribution in [-0.2, 0) is 129 Å². The third-order valence-electron chi connectivity index (χ3n) is 12.0. The van der Waals surface area contributed by atoms with Gasteiger partial charge in [-0.1, -0.05) is 232 Å². The number of nitrogens with one attached hydrogen (secondary N) is 4. The Morgan fingerprint density at radius 2 is 0.429 bits per heavy atom. The second kappa shape index (κ2) is 85.2. The summed E-state index contributed by atoms with van der Waals surface area (Å²) in [6, 6.07) is 14.1. The van der Waals surface area contributed by atoms with Crippen LogP contribution in [0.1, 0.15) is 248 Å². The molecule has 3 rings (SSSR count). The molecular weight excluding hydrogens is 1290 g/mol. The Labute approximate surface area is 566 Å². The van der Waals surface area contributed by atoms with E-state index in [1.807, 2.05) is 0 Å². The third kappa shape index (κ3) is 96.4. The van der Waals surface area contributed by atoms with Crippen LogP contribution < -0.4 is 0 Å². The van der Waals surface area contributed by atoms with Crippen molar-refractivity contribution in [3.8, 4) is 0 Å². The number of carboxylic acids is 6. The number of nitrogens with zero attached hydrogens (tertiary/aromatic N) is 3. The molecule has 27 heteroatoms. The molecule has 3 heterocycles. The molecule has 24 nitrogen and oxygen atoms in total. The summed E-state index contributed by atoms with van der Waals surface area (Å²) in [6.07, 6.45) is 37.2. The van der Waals surface area contributed by atoms with Crippen LogP contribution in [-0.4, -0.2) is 116 Å². The van der Waals surface area contributed by atoms with Crippen molar-refractivity contribution in [3.63, 3.8) is 0 Å². The van der Waals surface area contributed by atoms with E-state index in [1.165, 1.54) is 161 Å². The van der Waals surface area contributed by atoms with Gasteiger partial charge < -0.3 is 53.6 Å². The second-order valence-corrected chi connectivity index (χ2v) is 20.8. The van der Waals surface area contributed by atoms with Gasteiger partial charge in [-0.2, -0.15) is 26.2 Å². The molecule has 0 saturated heterocycles. The molecule has 0 radical (unpaired) electrons. The number of carbonyl (C=O) groups is 6. The minimum absolute atomic E-state index is 0.187. The summed E-state index contributed by atoms with van der Waals surface area (Å²) in [6.45, 7) is 11.4. The number of pyridine rings is 3. The van der Waals surface area contributed by atoms with E-state index in [4.69, 9.17) is 72.7 Å². The SMILES string of the molecule is CCCCCCCCCC[NH-].CCCCCCCCC[NH-].CCCCCCCCC[NH-].CCCCCCCCC[NH-].O=C(O)Cc1cccc(CC(=O)O)n1.O=C(O)Cc1cccc(CC(=O)O)n1.O=C(O)Cc1cccc(CC(=O)O)n1.[O]=[V+2].[O]=[V][OH].[O]=[V][OH]. The Morgan fingerprint density at radius 1 is 0.308 bits per heavy atom. The molecule has 521 valence electrons. The van der Waals surface area contributed by atoms with Gasteiger partial charge >= 0.3 is 105 Å². The van der Waals surface area contributed by atoms with Crippen LogP contribution in [0.25, 0.3) is 22.9 Å². The molecule has 0 amide bonds. The Balaban J connectivity index is -0.000000178. The van der Waals surface area contributed by atoms with Crippen molar-refractivity contribution in [2.75, 3.05) is 26.2 Å². The molecule has 0 spiro atoms. The second-order valence-electron chi connectivity index (χ2n) is 20.3. The van der Waals surface area contributed by atoms with Crippen LogP contribution in [0, 0.1) is 0 Å². The van der Waals surface area contributed by atoms with E-state index < -0.39 is 69.0 Å². The monoisotopic (exact) mass is 1400 g/mol. The molecule has 0 aromatic carbocycles. The van der Waals surface area contributed by atoms with Gasteiger partial charge in [0.15, 0.2) is 0 Å². The van der Waals surface area contributed by atoms with Crippen LogP contribution >= 0.6 is 0 Å². The molecule has 0 fully saturated rings. The minimum atomic E-state index is -1.56. The summed E-state index contributed by atoms with van der Waals surface area (Å²) < 4.78 is 39.6. The van der Waals surface area contributed by atoms with Gasteiger partial charge in [0.05, 0.1) is 72.7 Å². The molecule has 3 aromatic rings. The molecule has 12 N–H and O–H groups in total. The third-order valence-corrected chi connectivity index (χ3v) is 12.0. The number of hydrogen-bond donors (Lipinski definition) is 8. The summed E-state index contributed by atoms with van der Waals surface area (Å²) in [5, 5.41) is 50.9. The molecule has 0 atom stereocenters. The topological polar surface area (TPSA) is 449 Å². The van der Waals surface area contributed by atoms with E-state index >= 15 is 0 Å². The summed E-state index contributed by atoms with van der Waals surface area (Å²) >= 11 is -2.06. The van der Waals surface area contributed by atoms with E-state index in [0.29, 0.717) is 60.3 Å². The number of carboxylic acid groups (broad SMARTS) is 6. The zero-order valence-electron chi connectivity index (χ0n) is 54.7. The van der Waals surface area contributed by atoms with Crippen molar-refractivity contribution in [3.05, 3.63) is 112 Å². The van der Waals surface area contributed by atoms with Gasteiger partial charge in [-0.05, 0) is 36.4 Å². The fourth-order valence-corrected chi connectivity index (χ4v) is 7.61. The number of rotatable bonds is 41. The van der Waals surface area contributed by atoms with Crippen LogP contribution in [0.4, 0.5) is 0 Å². The van der Waals surface area contributed by atoms with Gasteiger partial charge in [0.25, 0.3) is 0 Å². The molecule has 3 aromatic heterocycles. The maximum atomic E-state index is 10.3.